The van der Waals surface area contributed by atoms with Gasteiger partial charge in [-0.1, -0.05) is 49.6 Å². The van der Waals surface area contributed by atoms with Gasteiger partial charge in [-0.3, -0.25) is 4.79 Å². The lowest BCUT2D eigenvalue weighted by Crippen LogP contribution is -2.18. The lowest BCUT2D eigenvalue weighted by molar-refractivity contribution is -0.114. The molecule has 0 aliphatic rings. The van der Waals surface area contributed by atoms with Gasteiger partial charge in [0.05, 0.1) is 5.60 Å². The zero-order chi connectivity index (χ0) is 17.3. The SMILES string of the molecule is C[C@@H](C/C=C/C(=O)CCc1cccc(Cl)c1)CCCC(C)(C)O. The van der Waals surface area contributed by atoms with Crippen LogP contribution in [0.25, 0.3) is 0 Å². The number of aliphatic hydroxyl groups is 1. The summed E-state index contributed by atoms with van der Waals surface area (Å²) in [4.78, 5) is 11.9. The molecule has 1 aromatic rings. The number of ketones is 1. The molecule has 0 fully saturated rings. The van der Waals surface area contributed by atoms with E-state index in [0.29, 0.717) is 17.4 Å². The molecule has 1 atom stereocenters. The summed E-state index contributed by atoms with van der Waals surface area (Å²) >= 11 is 5.93. The van der Waals surface area contributed by atoms with Crippen LogP contribution >= 0.6 is 11.6 Å². The minimum absolute atomic E-state index is 0.161. The van der Waals surface area contributed by atoms with E-state index in [2.05, 4.69) is 6.92 Å². The van der Waals surface area contributed by atoms with E-state index in [4.69, 9.17) is 11.6 Å². The van der Waals surface area contributed by atoms with Crippen LogP contribution in [0, 0.1) is 5.92 Å². The monoisotopic (exact) mass is 336 g/mol. The molecule has 0 saturated heterocycles. The molecule has 128 valence electrons. The van der Waals surface area contributed by atoms with Gasteiger partial charge < -0.3 is 5.11 Å². The van der Waals surface area contributed by atoms with E-state index >= 15 is 0 Å². The van der Waals surface area contributed by atoms with Crippen LogP contribution < -0.4 is 0 Å². The van der Waals surface area contributed by atoms with E-state index in [1.807, 2.05) is 44.2 Å². The summed E-state index contributed by atoms with van der Waals surface area (Å²) in [6.07, 6.45) is 8.75. The van der Waals surface area contributed by atoms with Crippen molar-refractivity contribution < 1.29 is 9.90 Å². The zero-order valence-electron chi connectivity index (χ0n) is 14.5. The average molecular weight is 337 g/mol. The fourth-order valence-electron chi connectivity index (χ4n) is 2.48. The minimum Gasteiger partial charge on any atom is -0.390 e. The molecule has 0 aliphatic carbocycles. The molecule has 0 spiro atoms. The van der Waals surface area contributed by atoms with E-state index in [-0.39, 0.29) is 5.78 Å². The van der Waals surface area contributed by atoms with Crippen molar-refractivity contribution in [1.82, 2.24) is 0 Å². The van der Waals surface area contributed by atoms with Crippen LogP contribution in [0.5, 0.6) is 0 Å². The normalized spacial score (nSPS) is 13.4. The van der Waals surface area contributed by atoms with E-state index in [1.165, 1.54) is 0 Å². The van der Waals surface area contributed by atoms with Gasteiger partial charge in [0, 0.05) is 11.4 Å². The van der Waals surface area contributed by atoms with E-state index in [0.717, 1.165) is 37.7 Å². The quantitative estimate of drug-likeness (QED) is 0.583. The lowest BCUT2D eigenvalue weighted by atomic mass is 9.95. The zero-order valence-corrected chi connectivity index (χ0v) is 15.3. The van der Waals surface area contributed by atoms with Gasteiger partial charge in [0.1, 0.15) is 0 Å². The number of rotatable bonds is 10. The van der Waals surface area contributed by atoms with Crippen molar-refractivity contribution in [2.24, 2.45) is 5.92 Å². The van der Waals surface area contributed by atoms with Crippen molar-refractivity contribution in [2.45, 2.75) is 64.9 Å². The molecule has 1 N–H and O–H groups in total. The standard InChI is InChI=1S/C20H29ClO2/c1-16(8-6-14-20(2,3)23)7-4-11-19(22)13-12-17-9-5-10-18(21)15-17/h4-5,9-11,15-16,23H,6-8,12-14H2,1-3H3/b11-4+/t16-/m0/s1. The second-order valence-corrected chi connectivity index (χ2v) is 7.48. The molecule has 2 nitrogen and oxygen atoms in total. The van der Waals surface area contributed by atoms with Gasteiger partial charge in [0.15, 0.2) is 5.78 Å². The molecule has 0 aliphatic heterocycles. The van der Waals surface area contributed by atoms with Crippen LogP contribution in [0.2, 0.25) is 5.02 Å². The molecule has 0 amide bonds. The highest BCUT2D eigenvalue weighted by atomic mass is 35.5. The van der Waals surface area contributed by atoms with Crippen molar-refractivity contribution in [3.05, 3.63) is 47.0 Å². The Morgan fingerprint density at radius 2 is 2.13 bits per heavy atom. The summed E-state index contributed by atoms with van der Waals surface area (Å²) in [5.74, 6) is 0.697. The highest BCUT2D eigenvalue weighted by Crippen LogP contribution is 2.18. The Morgan fingerprint density at radius 3 is 2.78 bits per heavy atom. The maximum absolute atomic E-state index is 11.9. The fraction of sp³-hybridized carbons (Fsp3) is 0.550. The van der Waals surface area contributed by atoms with E-state index in [9.17, 15) is 9.90 Å². The van der Waals surface area contributed by atoms with E-state index < -0.39 is 5.60 Å². The summed E-state index contributed by atoms with van der Waals surface area (Å²) in [5, 5.41) is 10.4. The Balaban J connectivity index is 2.22. The number of halogens is 1. The van der Waals surface area contributed by atoms with Gasteiger partial charge in [0.2, 0.25) is 0 Å². The van der Waals surface area contributed by atoms with Crippen molar-refractivity contribution in [3.8, 4) is 0 Å². The summed E-state index contributed by atoms with van der Waals surface area (Å²) < 4.78 is 0. The van der Waals surface area contributed by atoms with Crippen molar-refractivity contribution in [2.75, 3.05) is 0 Å². The Labute approximate surface area is 145 Å². The van der Waals surface area contributed by atoms with Gasteiger partial charge in [-0.2, -0.15) is 0 Å². The Kier molecular flexibility index (Phi) is 8.57. The molecule has 0 unspecified atom stereocenters. The molecule has 1 rings (SSSR count). The first kappa shape index (κ1) is 19.9. The third-order valence-corrected chi connectivity index (χ3v) is 4.11. The maximum Gasteiger partial charge on any atom is 0.155 e. The highest BCUT2D eigenvalue weighted by molar-refractivity contribution is 6.30. The molecular weight excluding hydrogens is 308 g/mol. The average Bonchev–Trinajstić information content (AvgIpc) is 2.44. The van der Waals surface area contributed by atoms with Gasteiger partial charge in [-0.05, 0) is 62.8 Å². The minimum atomic E-state index is -0.578. The second-order valence-electron chi connectivity index (χ2n) is 7.04. The molecular formula is C20H29ClO2. The predicted molar refractivity (Wildman–Crippen MR) is 97.8 cm³/mol. The Bertz CT molecular complexity index is 515. The van der Waals surface area contributed by atoms with Crippen molar-refractivity contribution >= 4 is 17.4 Å². The lowest BCUT2D eigenvalue weighted by Gasteiger charge is -2.17. The van der Waals surface area contributed by atoms with Gasteiger partial charge in [0.25, 0.3) is 0 Å². The highest BCUT2D eigenvalue weighted by Gasteiger charge is 2.12. The molecule has 23 heavy (non-hydrogen) atoms. The number of aryl methyl sites for hydroxylation is 1. The van der Waals surface area contributed by atoms with Gasteiger partial charge in [-0.15, -0.1) is 0 Å². The van der Waals surface area contributed by atoms with Crippen LogP contribution in [0.3, 0.4) is 0 Å². The summed E-state index contributed by atoms with van der Waals surface area (Å²) in [7, 11) is 0. The first-order valence-corrected chi connectivity index (χ1v) is 8.80. The van der Waals surface area contributed by atoms with Crippen molar-refractivity contribution in [3.63, 3.8) is 0 Å². The molecule has 0 radical (unpaired) electrons. The number of hydrogen-bond donors (Lipinski definition) is 1. The molecule has 3 heteroatoms. The third-order valence-electron chi connectivity index (χ3n) is 3.88. The maximum atomic E-state index is 11.9. The van der Waals surface area contributed by atoms with Gasteiger partial charge in [-0.25, -0.2) is 0 Å². The van der Waals surface area contributed by atoms with Gasteiger partial charge >= 0.3 is 0 Å². The van der Waals surface area contributed by atoms with E-state index in [1.54, 1.807) is 6.08 Å². The largest absolute Gasteiger partial charge is 0.390 e. The fourth-order valence-corrected chi connectivity index (χ4v) is 2.69. The summed E-state index contributed by atoms with van der Waals surface area (Å²) in [6, 6.07) is 7.65. The smallest absolute Gasteiger partial charge is 0.155 e. The third kappa shape index (κ3) is 10.3. The molecule has 0 saturated carbocycles. The molecule has 1 aromatic carbocycles. The van der Waals surface area contributed by atoms with Crippen LogP contribution in [0.15, 0.2) is 36.4 Å². The van der Waals surface area contributed by atoms with Crippen LogP contribution in [0.1, 0.15) is 58.4 Å². The topological polar surface area (TPSA) is 37.3 Å². The Morgan fingerprint density at radius 1 is 1.39 bits per heavy atom. The molecule has 0 aromatic heterocycles. The van der Waals surface area contributed by atoms with Crippen LogP contribution in [-0.2, 0) is 11.2 Å². The summed E-state index contributed by atoms with van der Waals surface area (Å²) in [5.41, 5.74) is 0.519. The first-order chi connectivity index (χ1) is 10.8. The number of hydrogen-bond acceptors (Lipinski definition) is 2. The Hall–Kier alpha value is -1.12. The number of carbonyl (C=O) groups excluding carboxylic acids is 1. The molecule has 0 bridgehead atoms. The predicted octanol–water partition coefficient (Wildman–Crippen LogP) is 5.37. The van der Waals surface area contributed by atoms with Crippen LogP contribution in [0.4, 0.5) is 0 Å². The number of allylic oxidation sites excluding steroid dienone is 2. The number of benzene rings is 1. The first-order valence-electron chi connectivity index (χ1n) is 8.42. The van der Waals surface area contributed by atoms with Crippen LogP contribution in [-0.4, -0.2) is 16.5 Å². The van der Waals surface area contributed by atoms with Crippen molar-refractivity contribution in [1.29, 1.82) is 0 Å². The number of carbonyl (C=O) groups is 1. The second kappa shape index (κ2) is 9.89. The molecule has 0 heterocycles. The summed E-state index contributed by atoms with van der Waals surface area (Å²) in [6.45, 7) is 5.87.